The van der Waals surface area contributed by atoms with E-state index in [0.29, 0.717) is 48.0 Å². The largest absolute Gasteiger partial charge is 0.497 e. The van der Waals surface area contributed by atoms with Crippen LogP contribution in [0, 0.1) is 6.92 Å². The van der Waals surface area contributed by atoms with E-state index in [9.17, 15) is 13.2 Å². The van der Waals surface area contributed by atoms with Crippen molar-refractivity contribution in [3.05, 3.63) is 60.0 Å². The first-order valence-electron chi connectivity index (χ1n) is 9.52. The van der Waals surface area contributed by atoms with Crippen molar-refractivity contribution in [2.24, 2.45) is 0 Å². The monoisotopic (exact) mass is 413 g/mol. The summed E-state index contributed by atoms with van der Waals surface area (Å²) in [5.74, 6) is 0.509. The Bertz CT molecular complexity index is 1140. The zero-order valence-corrected chi connectivity index (χ0v) is 17.2. The normalized spacial score (nSPS) is 15.6. The van der Waals surface area contributed by atoms with Crippen molar-refractivity contribution >= 4 is 21.4 Å². The minimum Gasteiger partial charge on any atom is -0.497 e. The van der Waals surface area contributed by atoms with E-state index in [1.807, 2.05) is 31.3 Å². The van der Waals surface area contributed by atoms with E-state index in [0.717, 1.165) is 5.65 Å². The van der Waals surface area contributed by atoms with Gasteiger partial charge in [-0.3, -0.25) is 9.20 Å². The number of aryl methyl sites for hydroxylation is 1. The molecule has 2 aromatic heterocycles. The number of carbonyl (C=O) groups is 1. The van der Waals surface area contributed by atoms with Crippen LogP contribution in [-0.4, -0.2) is 54.1 Å². The van der Waals surface area contributed by atoms with Crippen molar-refractivity contribution in [3.63, 3.8) is 0 Å². The zero-order chi connectivity index (χ0) is 20.6. The molecule has 7 nitrogen and oxygen atoms in total. The van der Waals surface area contributed by atoms with E-state index < -0.39 is 15.1 Å². The predicted molar refractivity (Wildman–Crippen MR) is 109 cm³/mol. The molecular weight excluding hydrogens is 390 g/mol. The Morgan fingerprint density at radius 3 is 2.45 bits per heavy atom. The summed E-state index contributed by atoms with van der Waals surface area (Å²) in [6.45, 7) is 2.62. The highest BCUT2D eigenvalue weighted by Crippen LogP contribution is 2.27. The average molecular weight is 413 g/mol. The fourth-order valence-electron chi connectivity index (χ4n) is 3.85. The number of aromatic nitrogens is 2. The van der Waals surface area contributed by atoms with E-state index in [-0.39, 0.29) is 5.91 Å². The van der Waals surface area contributed by atoms with Gasteiger partial charge in [0.15, 0.2) is 9.84 Å². The second-order valence-corrected chi connectivity index (χ2v) is 9.41. The summed E-state index contributed by atoms with van der Waals surface area (Å²) in [6, 6.07) is 12.1. The molecule has 0 bridgehead atoms. The van der Waals surface area contributed by atoms with Crippen molar-refractivity contribution in [1.82, 2.24) is 14.3 Å². The summed E-state index contributed by atoms with van der Waals surface area (Å²) in [5, 5.41) is -0.497. The Kier molecular flexibility index (Phi) is 5.04. The van der Waals surface area contributed by atoms with Gasteiger partial charge >= 0.3 is 0 Å². The van der Waals surface area contributed by atoms with Crippen LogP contribution in [0.3, 0.4) is 0 Å². The maximum atomic E-state index is 13.1. The van der Waals surface area contributed by atoms with Gasteiger partial charge in [0.05, 0.1) is 22.9 Å². The number of carbonyl (C=O) groups excluding carboxylic acids is 1. The van der Waals surface area contributed by atoms with Crippen LogP contribution in [0.5, 0.6) is 5.75 Å². The van der Waals surface area contributed by atoms with E-state index in [1.54, 1.807) is 40.7 Å². The number of benzene rings is 1. The summed E-state index contributed by atoms with van der Waals surface area (Å²) in [4.78, 5) is 19.6. The molecule has 0 saturated carbocycles. The molecule has 0 aliphatic carbocycles. The van der Waals surface area contributed by atoms with Gasteiger partial charge in [-0.05, 0) is 56.2 Å². The summed E-state index contributed by atoms with van der Waals surface area (Å²) in [5.41, 5.74) is 1.94. The van der Waals surface area contributed by atoms with Gasteiger partial charge in [0.2, 0.25) is 0 Å². The number of likely N-dealkylation sites (tertiary alicyclic amines) is 1. The Morgan fingerprint density at radius 1 is 1.10 bits per heavy atom. The van der Waals surface area contributed by atoms with Crippen LogP contribution < -0.4 is 4.74 Å². The molecule has 0 radical (unpaired) electrons. The zero-order valence-electron chi connectivity index (χ0n) is 16.4. The summed E-state index contributed by atoms with van der Waals surface area (Å²) in [7, 11) is -1.90. The molecule has 152 valence electrons. The van der Waals surface area contributed by atoms with Gasteiger partial charge in [0.1, 0.15) is 17.1 Å². The highest BCUT2D eigenvalue weighted by atomic mass is 32.2. The molecule has 29 heavy (non-hydrogen) atoms. The Balaban J connectivity index is 1.50. The first-order chi connectivity index (χ1) is 13.9. The number of hydrogen-bond donors (Lipinski definition) is 0. The SMILES string of the molecule is COc1ccc(S(=O)(=O)C2CCN(C(=O)c3c(C)nc4ccccn34)CC2)cc1. The van der Waals surface area contributed by atoms with E-state index >= 15 is 0 Å². The second kappa shape index (κ2) is 7.51. The quantitative estimate of drug-likeness (QED) is 0.657. The van der Waals surface area contributed by atoms with Gasteiger partial charge < -0.3 is 9.64 Å². The third-order valence-corrected chi connectivity index (χ3v) is 7.74. The Labute approximate surface area is 169 Å². The van der Waals surface area contributed by atoms with Crippen molar-refractivity contribution in [2.45, 2.75) is 29.9 Å². The predicted octanol–water partition coefficient (Wildman–Crippen LogP) is 2.73. The van der Waals surface area contributed by atoms with Gasteiger partial charge in [-0.1, -0.05) is 6.07 Å². The lowest BCUT2D eigenvalue weighted by molar-refractivity contribution is 0.0718. The van der Waals surface area contributed by atoms with Crippen LogP contribution in [0.25, 0.3) is 5.65 Å². The lowest BCUT2D eigenvalue weighted by Crippen LogP contribution is -2.43. The van der Waals surface area contributed by atoms with Crippen molar-refractivity contribution in [3.8, 4) is 5.75 Å². The van der Waals surface area contributed by atoms with Gasteiger partial charge in [-0.15, -0.1) is 0 Å². The van der Waals surface area contributed by atoms with Crippen LogP contribution in [0.4, 0.5) is 0 Å². The number of piperidine rings is 1. The summed E-state index contributed by atoms with van der Waals surface area (Å²) in [6.07, 6.45) is 2.65. The molecule has 1 saturated heterocycles. The topological polar surface area (TPSA) is 81.0 Å². The molecule has 0 spiro atoms. The number of methoxy groups -OCH3 is 1. The molecular formula is C21H23N3O4S. The van der Waals surface area contributed by atoms with Crippen molar-refractivity contribution in [2.75, 3.05) is 20.2 Å². The number of fused-ring (bicyclic) bond motifs is 1. The lowest BCUT2D eigenvalue weighted by atomic mass is 10.1. The minimum atomic E-state index is -3.44. The molecule has 0 N–H and O–H groups in total. The maximum absolute atomic E-state index is 13.1. The number of nitrogens with zero attached hydrogens (tertiary/aromatic N) is 3. The summed E-state index contributed by atoms with van der Waals surface area (Å²) < 4.78 is 32.8. The molecule has 3 aromatic rings. The smallest absolute Gasteiger partial charge is 0.272 e. The number of sulfone groups is 1. The molecule has 1 aliphatic rings. The van der Waals surface area contributed by atoms with Crippen molar-refractivity contribution in [1.29, 1.82) is 0 Å². The Hall–Kier alpha value is -2.87. The fourth-order valence-corrected chi connectivity index (χ4v) is 5.58. The highest BCUT2D eigenvalue weighted by molar-refractivity contribution is 7.92. The average Bonchev–Trinajstić information content (AvgIpc) is 3.09. The Morgan fingerprint density at radius 2 is 1.79 bits per heavy atom. The first kappa shape index (κ1) is 19.4. The fraction of sp³-hybridized carbons (Fsp3) is 0.333. The molecule has 1 fully saturated rings. The molecule has 8 heteroatoms. The molecule has 1 amide bonds. The van der Waals surface area contributed by atoms with E-state index in [4.69, 9.17) is 4.74 Å². The number of imidazole rings is 1. The van der Waals surface area contributed by atoms with Crippen LogP contribution >= 0.6 is 0 Å². The summed E-state index contributed by atoms with van der Waals surface area (Å²) >= 11 is 0. The van der Waals surface area contributed by atoms with E-state index in [1.165, 1.54) is 0 Å². The van der Waals surface area contributed by atoms with Crippen LogP contribution in [0.1, 0.15) is 29.0 Å². The first-order valence-corrected chi connectivity index (χ1v) is 11.1. The standard InChI is InChI=1S/C21H23N3O4S/c1-15-20(24-12-4-3-5-19(24)22-15)21(25)23-13-10-18(11-14-23)29(26,27)17-8-6-16(28-2)7-9-17/h3-9,12,18H,10-11,13-14H2,1-2H3. The third kappa shape index (κ3) is 3.48. The van der Waals surface area contributed by atoms with E-state index in [2.05, 4.69) is 4.98 Å². The number of pyridine rings is 1. The lowest BCUT2D eigenvalue weighted by Gasteiger charge is -2.31. The molecule has 4 rings (SSSR count). The molecule has 3 heterocycles. The van der Waals surface area contributed by atoms with Gasteiger partial charge in [-0.25, -0.2) is 13.4 Å². The van der Waals surface area contributed by atoms with Gasteiger partial charge in [0, 0.05) is 19.3 Å². The maximum Gasteiger partial charge on any atom is 0.272 e. The number of amides is 1. The van der Waals surface area contributed by atoms with Crippen LogP contribution in [0.2, 0.25) is 0 Å². The molecule has 0 unspecified atom stereocenters. The minimum absolute atomic E-state index is 0.110. The second-order valence-electron chi connectivity index (χ2n) is 7.19. The van der Waals surface area contributed by atoms with Gasteiger partial charge in [0.25, 0.3) is 5.91 Å². The number of ether oxygens (including phenoxy) is 1. The molecule has 1 aromatic carbocycles. The molecule has 1 aliphatic heterocycles. The molecule has 0 atom stereocenters. The highest BCUT2D eigenvalue weighted by Gasteiger charge is 2.34. The van der Waals surface area contributed by atoms with Gasteiger partial charge in [-0.2, -0.15) is 0 Å². The van der Waals surface area contributed by atoms with Crippen molar-refractivity contribution < 1.29 is 17.9 Å². The number of hydrogen-bond acceptors (Lipinski definition) is 5. The number of rotatable bonds is 4. The third-order valence-electron chi connectivity index (χ3n) is 5.46. The van der Waals surface area contributed by atoms with Crippen LogP contribution in [0.15, 0.2) is 53.6 Å². The van der Waals surface area contributed by atoms with Crippen LogP contribution in [-0.2, 0) is 9.84 Å².